The van der Waals surface area contributed by atoms with Gasteiger partial charge in [0.15, 0.2) is 0 Å². The van der Waals surface area contributed by atoms with Crippen molar-refractivity contribution < 1.29 is 19.4 Å². The molecule has 0 bridgehead atoms. The largest absolute Gasteiger partial charge is 0.463 e. The van der Waals surface area contributed by atoms with E-state index in [4.69, 9.17) is 9.47 Å². The van der Waals surface area contributed by atoms with E-state index in [1.54, 1.807) is 0 Å². The van der Waals surface area contributed by atoms with Crippen LogP contribution in [0.25, 0.3) is 0 Å². The maximum absolute atomic E-state index is 10.8. The fourth-order valence-electron chi connectivity index (χ4n) is 1.39. The molecular weight excluding hydrogens is 252 g/mol. The van der Waals surface area contributed by atoms with Crippen LogP contribution in [0.4, 0.5) is 0 Å². The van der Waals surface area contributed by atoms with E-state index in [-0.39, 0.29) is 18.7 Å². The molecule has 0 rings (SSSR count). The number of hydrogen-bond acceptors (Lipinski definition) is 6. The van der Waals surface area contributed by atoms with E-state index in [0.717, 1.165) is 13.0 Å². The van der Waals surface area contributed by atoms with E-state index in [2.05, 4.69) is 5.32 Å². The molecule has 0 saturated carbocycles. The molecule has 0 heterocycles. The average molecular weight is 278 g/mol. The van der Waals surface area contributed by atoms with Gasteiger partial charge < -0.3 is 19.5 Å². The number of esters is 1. The van der Waals surface area contributed by atoms with Gasteiger partial charge in [-0.3, -0.25) is 10.1 Å². The number of hydrogen-bond donors (Lipinski definition) is 2. The van der Waals surface area contributed by atoms with Crippen molar-refractivity contribution in [2.45, 2.75) is 31.9 Å². The molecule has 0 aromatic carbocycles. The average Bonchev–Trinajstić information content (AvgIpc) is 2.25. The molecule has 0 radical (unpaired) electrons. The van der Waals surface area contributed by atoms with Crippen LogP contribution in [0.15, 0.2) is 0 Å². The van der Waals surface area contributed by atoms with Crippen LogP contribution in [0.3, 0.4) is 0 Å². The van der Waals surface area contributed by atoms with Gasteiger partial charge >= 0.3 is 5.97 Å². The highest BCUT2D eigenvalue weighted by molar-refractivity contribution is 6.08. The second-order valence-electron chi connectivity index (χ2n) is 4.48. The number of aliphatic hydroxyl groups is 1. The van der Waals surface area contributed by atoms with Crippen molar-refractivity contribution >= 4 is 16.2 Å². The number of nitrogens with zero attached hydrogens (tertiary/aromatic N) is 1. The van der Waals surface area contributed by atoms with Crippen LogP contribution in [-0.4, -0.2) is 72.5 Å². The highest BCUT2D eigenvalue weighted by atomic mass is 28.1. The second kappa shape index (κ2) is 10.4. The van der Waals surface area contributed by atoms with Crippen LogP contribution in [0.2, 0.25) is 6.04 Å². The Kier molecular flexibility index (Phi) is 10.2. The van der Waals surface area contributed by atoms with Crippen LogP contribution in [0.5, 0.6) is 0 Å². The molecule has 0 fully saturated rings. The number of carbonyl (C=O) groups is 1. The molecule has 108 valence electrons. The van der Waals surface area contributed by atoms with E-state index >= 15 is 0 Å². The topological polar surface area (TPSA) is 71.0 Å². The molecule has 2 N–H and O–H groups in total. The van der Waals surface area contributed by atoms with Crippen LogP contribution in [0, 0.1) is 0 Å². The number of ether oxygens (including phenoxy) is 2. The monoisotopic (exact) mass is 278 g/mol. The summed E-state index contributed by atoms with van der Waals surface area (Å²) in [5.74, 6) is -0.347. The molecular formula is C11H26N2O4Si. The van der Waals surface area contributed by atoms with Gasteiger partial charge in [0.05, 0.1) is 0 Å². The fourth-order valence-corrected chi connectivity index (χ4v) is 1.74. The van der Waals surface area contributed by atoms with E-state index < -0.39 is 6.41 Å². The first-order valence-corrected chi connectivity index (χ1v) is 7.72. The summed E-state index contributed by atoms with van der Waals surface area (Å²) in [6, 6.07) is 1.19. The molecule has 7 heteroatoms. The van der Waals surface area contributed by atoms with Gasteiger partial charge in [0, 0.05) is 23.7 Å². The van der Waals surface area contributed by atoms with Gasteiger partial charge in [0.25, 0.3) is 0 Å². The third-order valence-electron chi connectivity index (χ3n) is 2.21. The van der Waals surface area contributed by atoms with Gasteiger partial charge in [-0.2, -0.15) is 0 Å². The minimum Gasteiger partial charge on any atom is -0.463 e. The zero-order valence-corrected chi connectivity index (χ0v) is 13.8. The van der Waals surface area contributed by atoms with Crippen LogP contribution in [-0.2, 0) is 14.3 Å². The Hall–Kier alpha value is -0.473. The Morgan fingerprint density at radius 2 is 2.17 bits per heavy atom. The van der Waals surface area contributed by atoms with Gasteiger partial charge in [-0.25, -0.2) is 0 Å². The molecule has 0 aromatic rings. The standard InChI is InChI=1S/C11H26N2O4Si/c1-9(14)16-8-10(7-13(2)3)17-11(15)12-5-4-6-18/h10-12,15H,4-8H2,1-3,18H3. The molecule has 0 aliphatic heterocycles. The molecule has 6 nitrogen and oxygen atoms in total. The number of aliphatic hydroxyl groups excluding tert-OH is 1. The van der Waals surface area contributed by atoms with Crippen molar-refractivity contribution in [3.63, 3.8) is 0 Å². The summed E-state index contributed by atoms with van der Waals surface area (Å²) in [4.78, 5) is 12.7. The van der Waals surface area contributed by atoms with Crippen LogP contribution in [0.1, 0.15) is 13.3 Å². The van der Waals surface area contributed by atoms with E-state index in [1.807, 2.05) is 19.0 Å². The maximum Gasteiger partial charge on any atom is 0.302 e. The zero-order valence-electron chi connectivity index (χ0n) is 11.8. The lowest BCUT2D eigenvalue weighted by Gasteiger charge is -2.24. The first-order chi connectivity index (χ1) is 8.45. The lowest BCUT2D eigenvalue weighted by molar-refractivity contribution is -0.177. The highest BCUT2D eigenvalue weighted by Gasteiger charge is 2.16. The fraction of sp³-hybridized carbons (Fsp3) is 0.909. The summed E-state index contributed by atoms with van der Waals surface area (Å²) in [6.07, 6.45) is -0.323. The van der Waals surface area contributed by atoms with Crippen LogP contribution < -0.4 is 5.32 Å². The maximum atomic E-state index is 10.8. The lowest BCUT2D eigenvalue weighted by atomic mass is 10.3. The van der Waals surface area contributed by atoms with Gasteiger partial charge in [0.1, 0.15) is 12.7 Å². The molecule has 0 aromatic heterocycles. The Morgan fingerprint density at radius 1 is 1.50 bits per heavy atom. The predicted molar refractivity (Wildman–Crippen MR) is 73.4 cm³/mol. The van der Waals surface area contributed by atoms with Crippen molar-refractivity contribution in [2.24, 2.45) is 0 Å². The first kappa shape index (κ1) is 17.5. The number of carbonyl (C=O) groups excluding carboxylic acids is 1. The molecule has 0 saturated heterocycles. The third-order valence-corrected chi connectivity index (χ3v) is 2.92. The number of rotatable bonds is 10. The van der Waals surface area contributed by atoms with Gasteiger partial charge in [0.2, 0.25) is 6.41 Å². The second-order valence-corrected chi connectivity index (χ2v) is 5.48. The number of nitrogens with one attached hydrogen (secondary N) is 1. The van der Waals surface area contributed by atoms with Crippen molar-refractivity contribution in [2.75, 3.05) is 33.8 Å². The molecule has 0 aliphatic carbocycles. The van der Waals surface area contributed by atoms with Crippen molar-refractivity contribution in [1.29, 1.82) is 0 Å². The SMILES string of the molecule is CC(=O)OCC(CN(C)C)OC(O)NCCC[SiH3]. The normalized spacial score (nSPS) is 14.7. The zero-order chi connectivity index (χ0) is 14.0. The summed E-state index contributed by atoms with van der Waals surface area (Å²) in [5.41, 5.74) is 0. The van der Waals surface area contributed by atoms with Gasteiger partial charge in [-0.15, -0.1) is 0 Å². The molecule has 18 heavy (non-hydrogen) atoms. The van der Waals surface area contributed by atoms with Crippen molar-refractivity contribution in [3.05, 3.63) is 0 Å². The Bertz CT molecular complexity index is 229. The molecule has 0 amide bonds. The third kappa shape index (κ3) is 10.7. The summed E-state index contributed by atoms with van der Waals surface area (Å²) in [5, 5.41) is 12.5. The molecule has 0 spiro atoms. The Morgan fingerprint density at radius 3 is 2.67 bits per heavy atom. The highest BCUT2D eigenvalue weighted by Crippen LogP contribution is 1.99. The van der Waals surface area contributed by atoms with Crippen LogP contribution >= 0.6 is 0 Å². The minimum absolute atomic E-state index is 0.146. The minimum atomic E-state index is -1.02. The van der Waals surface area contributed by atoms with Gasteiger partial charge in [-0.05, 0) is 27.1 Å². The van der Waals surface area contributed by atoms with Crippen molar-refractivity contribution in [3.8, 4) is 0 Å². The Balaban J connectivity index is 4.00. The van der Waals surface area contributed by atoms with E-state index in [0.29, 0.717) is 6.54 Å². The van der Waals surface area contributed by atoms with E-state index in [9.17, 15) is 9.90 Å². The summed E-state index contributed by atoms with van der Waals surface area (Å²) in [7, 11) is 4.96. The molecule has 2 atom stereocenters. The summed E-state index contributed by atoms with van der Waals surface area (Å²) >= 11 is 0. The molecule has 0 aliphatic rings. The number of likely N-dealkylation sites (N-methyl/N-ethyl adjacent to an activating group) is 1. The quantitative estimate of drug-likeness (QED) is 0.220. The Labute approximate surface area is 112 Å². The summed E-state index contributed by atoms with van der Waals surface area (Å²) in [6.45, 7) is 2.80. The summed E-state index contributed by atoms with van der Waals surface area (Å²) < 4.78 is 10.3. The smallest absolute Gasteiger partial charge is 0.302 e. The first-order valence-electron chi connectivity index (χ1n) is 6.30. The lowest BCUT2D eigenvalue weighted by Crippen LogP contribution is -2.41. The van der Waals surface area contributed by atoms with Gasteiger partial charge in [-0.1, -0.05) is 6.04 Å². The van der Waals surface area contributed by atoms with E-state index in [1.165, 1.54) is 23.2 Å². The predicted octanol–water partition coefficient (Wildman–Crippen LogP) is -1.46. The van der Waals surface area contributed by atoms with Crippen molar-refractivity contribution in [1.82, 2.24) is 10.2 Å². The molecule has 2 unspecified atom stereocenters.